The van der Waals surface area contributed by atoms with Gasteiger partial charge in [-0.05, 0) is 12.1 Å². The van der Waals surface area contributed by atoms with Crippen LogP contribution in [0.25, 0.3) is 21.3 Å². The van der Waals surface area contributed by atoms with Crippen molar-refractivity contribution >= 4 is 41.2 Å². The van der Waals surface area contributed by atoms with Gasteiger partial charge in [-0.1, -0.05) is 6.07 Å². The number of nitrogens with zero attached hydrogens (tertiary/aromatic N) is 2. The molecule has 2 aromatic heterocycles. The summed E-state index contributed by atoms with van der Waals surface area (Å²) >= 11 is 1.09. The molecule has 0 spiro atoms. The molecule has 0 radical (unpaired) electrons. The van der Waals surface area contributed by atoms with Crippen LogP contribution in [0.5, 0.6) is 0 Å². The minimum absolute atomic E-state index is 0.114. The first-order chi connectivity index (χ1) is 11.1. The van der Waals surface area contributed by atoms with Gasteiger partial charge in [-0.3, -0.25) is 0 Å². The average molecular weight is 386 g/mol. The van der Waals surface area contributed by atoms with Gasteiger partial charge in [-0.15, -0.1) is 11.3 Å². The molecule has 0 bridgehead atoms. The third kappa shape index (κ3) is 2.92. The third-order valence-electron chi connectivity index (χ3n) is 3.33. The highest BCUT2D eigenvalue weighted by Gasteiger charge is 2.20. The van der Waals surface area contributed by atoms with Crippen LogP contribution in [0.2, 0.25) is 0 Å². The molecule has 0 saturated heterocycles. The van der Waals surface area contributed by atoms with Crippen molar-refractivity contribution in [2.45, 2.75) is 9.92 Å². The molecule has 0 N–H and O–H groups in total. The van der Waals surface area contributed by atoms with Gasteiger partial charge >= 0.3 is 0 Å². The summed E-state index contributed by atoms with van der Waals surface area (Å²) in [6, 6.07) is 3.58. The number of rotatable bonds is 3. The van der Waals surface area contributed by atoms with E-state index in [2.05, 4.69) is 9.97 Å². The Kier molecular flexibility index (Phi) is 3.93. The minimum Gasteiger partial charge on any atom is -0.235 e. The van der Waals surface area contributed by atoms with Crippen LogP contribution in [0.15, 0.2) is 39.8 Å². The summed E-state index contributed by atoms with van der Waals surface area (Å²) in [6.07, 6.45) is 3.14. The van der Waals surface area contributed by atoms with Gasteiger partial charge < -0.3 is 0 Å². The van der Waals surface area contributed by atoms with E-state index in [1.807, 2.05) is 0 Å². The molecule has 10 heteroatoms. The third-order valence-corrected chi connectivity index (χ3v) is 6.56. The van der Waals surface area contributed by atoms with Gasteiger partial charge in [-0.25, -0.2) is 31.2 Å². The van der Waals surface area contributed by atoms with E-state index in [1.54, 1.807) is 5.38 Å². The van der Waals surface area contributed by atoms with E-state index >= 15 is 0 Å². The maximum atomic E-state index is 14.4. The van der Waals surface area contributed by atoms with E-state index < -0.39 is 25.5 Å². The molecule has 0 aliphatic carbocycles. The van der Waals surface area contributed by atoms with Gasteiger partial charge in [0.2, 0.25) is 0 Å². The highest BCUT2D eigenvalue weighted by atomic mass is 32.2. The fourth-order valence-corrected chi connectivity index (χ4v) is 5.03. The van der Waals surface area contributed by atoms with Crippen LogP contribution in [0, 0.1) is 5.82 Å². The van der Waals surface area contributed by atoms with Crippen molar-refractivity contribution in [3.8, 4) is 11.1 Å². The predicted molar refractivity (Wildman–Crippen MR) is 89.0 cm³/mol. The predicted octanol–water partition coefficient (Wildman–Crippen LogP) is 2.30. The van der Waals surface area contributed by atoms with Gasteiger partial charge in [-0.2, -0.15) is 0 Å². The van der Waals surface area contributed by atoms with E-state index in [0.29, 0.717) is 15.8 Å². The van der Waals surface area contributed by atoms with E-state index in [0.717, 1.165) is 36.2 Å². The Hall–Kier alpha value is -1.91. The zero-order valence-electron chi connectivity index (χ0n) is 12.5. The quantitative estimate of drug-likeness (QED) is 0.641. The van der Waals surface area contributed by atoms with Crippen LogP contribution in [0.4, 0.5) is 4.39 Å². The van der Waals surface area contributed by atoms with Crippen LogP contribution in [0.1, 0.15) is 0 Å². The Morgan fingerprint density at radius 1 is 1.00 bits per heavy atom. The second-order valence-electron chi connectivity index (χ2n) is 5.19. The average Bonchev–Trinajstić information content (AvgIpc) is 2.88. The first-order valence-electron chi connectivity index (χ1n) is 6.51. The van der Waals surface area contributed by atoms with Crippen molar-refractivity contribution in [3.05, 3.63) is 35.7 Å². The Balaban J connectivity index is 2.25. The fourth-order valence-electron chi connectivity index (χ4n) is 2.23. The summed E-state index contributed by atoms with van der Waals surface area (Å²) in [4.78, 5) is 7.72. The van der Waals surface area contributed by atoms with Crippen molar-refractivity contribution in [1.29, 1.82) is 0 Å². The van der Waals surface area contributed by atoms with Gasteiger partial charge in [0.15, 0.2) is 24.7 Å². The number of hydrogen-bond acceptors (Lipinski definition) is 7. The zero-order valence-corrected chi connectivity index (χ0v) is 15.0. The van der Waals surface area contributed by atoms with Crippen LogP contribution in [0.3, 0.4) is 0 Å². The minimum atomic E-state index is -3.55. The van der Waals surface area contributed by atoms with Crippen LogP contribution < -0.4 is 0 Å². The molecule has 3 rings (SSSR count). The largest absolute Gasteiger partial charge is 0.235 e. The molecule has 0 aliphatic rings. The zero-order chi connectivity index (χ0) is 17.7. The maximum Gasteiger partial charge on any atom is 0.194 e. The van der Waals surface area contributed by atoms with Gasteiger partial charge in [0.1, 0.15) is 12.1 Å². The molecule has 3 aromatic rings. The number of aromatic nitrogens is 2. The standard InChI is InChI=1S/C14H11FN2O4S3/c1-23(18,19)8-3-4-9(11(15)5-8)10-6-22-13-12(10)16-7-17-14(13)24(2,20)21/h3-7H,1-2H3. The number of benzene rings is 1. The summed E-state index contributed by atoms with van der Waals surface area (Å²) in [6.45, 7) is 0. The first kappa shape index (κ1) is 16.9. The molecule has 126 valence electrons. The second-order valence-corrected chi connectivity index (χ2v) is 10.0. The van der Waals surface area contributed by atoms with Crippen LogP contribution in [-0.4, -0.2) is 39.3 Å². The first-order valence-corrected chi connectivity index (χ1v) is 11.2. The molecule has 0 saturated carbocycles. The lowest BCUT2D eigenvalue weighted by Gasteiger charge is -2.05. The molecule has 0 fully saturated rings. The number of sulfone groups is 2. The number of fused-ring (bicyclic) bond motifs is 1. The normalized spacial score (nSPS) is 12.6. The Labute approximate surface area is 141 Å². The van der Waals surface area contributed by atoms with Crippen molar-refractivity contribution in [3.63, 3.8) is 0 Å². The highest BCUT2D eigenvalue weighted by molar-refractivity contribution is 7.91. The lowest BCUT2D eigenvalue weighted by molar-refractivity contribution is 0.596. The van der Waals surface area contributed by atoms with Crippen molar-refractivity contribution in [1.82, 2.24) is 9.97 Å². The molecular weight excluding hydrogens is 375 g/mol. The summed E-state index contributed by atoms with van der Waals surface area (Å²) < 4.78 is 61.3. The smallest absolute Gasteiger partial charge is 0.194 e. The fraction of sp³-hybridized carbons (Fsp3) is 0.143. The molecule has 24 heavy (non-hydrogen) atoms. The summed E-state index contributed by atoms with van der Waals surface area (Å²) in [5, 5.41) is 1.46. The molecule has 0 amide bonds. The van der Waals surface area contributed by atoms with E-state index in [-0.39, 0.29) is 15.5 Å². The Bertz CT molecular complexity index is 1170. The number of thiophene rings is 1. The van der Waals surface area contributed by atoms with E-state index in [9.17, 15) is 21.2 Å². The molecule has 2 heterocycles. The topological polar surface area (TPSA) is 94.1 Å². The second kappa shape index (κ2) is 5.57. The Morgan fingerprint density at radius 3 is 2.29 bits per heavy atom. The highest BCUT2D eigenvalue weighted by Crippen LogP contribution is 2.36. The van der Waals surface area contributed by atoms with Gasteiger partial charge in [0.05, 0.1) is 15.1 Å². The van der Waals surface area contributed by atoms with E-state index in [4.69, 9.17) is 0 Å². The molecule has 0 unspecified atom stereocenters. The van der Waals surface area contributed by atoms with Crippen molar-refractivity contribution in [2.24, 2.45) is 0 Å². The van der Waals surface area contributed by atoms with Crippen molar-refractivity contribution in [2.75, 3.05) is 12.5 Å². The molecule has 0 atom stereocenters. The molecule has 0 aliphatic heterocycles. The van der Waals surface area contributed by atoms with Crippen LogP contribution in [-0.2, 0) is 19.7 Å². The summed E-state index contributed by atoms with van der Waals surface area (Å²) in [5.74, 6) is -0.725. The van der Waals surface area contributed by atoms with Crippen LogP contribution >= 0.6 is 11.3 Å². The van der Waals surface area contributed by atoms with E-state index in [1.165, 1.54) is 12.1 Å². The molecule has 6 nitrogen and oxygen atoms in total. The lowest BCUT2D eigenvalue weighted by atomic mass is 10.1. The maximum absolute atomic E-state index is 14.4. The SMILES string of the molecule is CS(=O)(=O)c1ccc(-c2csc3c(S(C)(=O)=O)ncnc23)c(F)c1. The molecule has 1 aromatic carbocycles. The monoisotopic (exact) mass is 386 g/mol. The van der Waals surface area contributed by atoms with Gasteiger partial charge in [0.25, 0.3) is 0 Å². The Morgan fingerprint density at radius 2 is 1.71 bits per heavy atom. The molecular formula is C14H11FN2O4S3. The van der Waals surface area contributed by atoms with Gasteiger partial charge in [0, 0.05) is 29.0 Å². The lowest BCUT2D eigenvalue weighted by Crippen LogP contribution is -2.01. The summed E-state index contributed by atoms with van der Waals surface area (Å²) in [7, 11) is -7.07. The van der Waals surface area contributed by atoms with Crippen molar-refractivity contribution < 1.29 is 21.2 Å². The number of hydrogen-bond donors (Lipinski definition) is 0. The summed E-state index contributed by atoms with van der Waals surface area (Å²) in [5.41, 5.74) is 0.841. The number of halogens is 1.